The van der Waals surface area contributed by atoms with Gasteiger partial charge < -0.3 is 10.0 Å². The van der Waals surface area contributed by atoms with E-state index in [1.165, 1.54) is 4.90 Å². The first-order chi connectivity index (χ1) is 11.0. The highest BCUT2D eigenvalue weighted by Crippen LogP contribution is 2.38. The lowest BCUT2D eigenvalue weighted by Crippen LogP contribution is -2.24. The standard InChI is InChI=1S/C18H14ClNO3/c1-20-15(11-5-3-2-4-6-11)14(17(22)18(20)23)16(21)12-7-9-13(19)10-8-12/h2-10,15,21H,1H3/b16-14+/t15-/m1/s1. The lowest BCUT2D eigenvalue weighted by molar-refractivity contribution is -0.139. The zero-order chi connectivity index (χ0) is 16.6. The number of nitrogens with zero attached hydrogens (tertiary/aromatic N) is 1. The second kappa shape index (κ2) is 5.89. The minimum Gasteiger partial charge on any atom is -0.507 e. The van der Waals surface area contributed by atoms with E-state index in [0.29, 0.717) is 10.6 Å². The Labute approximate surface area is 138 Å². The smallest absolute Gasteiger partial charge is 0.295 e. The van der Waals surface area contributed by atoms with Gasteiger partial charge in [0.1, 0.15) is 5.76 Å². The van der Waals surface area contributed by atoms with Crippen LogP contribution in [0.3, 0.4) is 0 Å². The van der Waals surface area contributed by atoms with E-state index in [0.717, 1.165) is 5.56 Å². The molecule has 2 aromatic carbocycles. The number of halogens is 1. The zero-order valence-corrected chi connectivity index (χ0v) is 13.1. The minimum absolute atomic E-state index is 0.0889. The normalized spacial score (nSPS) is 20.1. The van der Waals surface area contributed by atoms with Crippen LogP contribution in [0.15, 0.2) is 60.2 Å². The predicted octanol–water partition coefficient (Wildman–Crippen LogP) is 3.39. The summed E-state index contributed by atoms with van der Waals surface area (Å²) in [7, 11) is 1.56. The maximum absolute atomic E-state index is 12.3. The third-order valence-electron chi connectivity index (χ3n) is 3.91. The molecule has 0 bridgehead atoms. The van der Waals surface area contributed by atoms with Crippen molar-refractivity contribution >= 4 is 29.1 Å². The van der Waals surface area contributed by atoms with Crippen molar-refractivity contribution < 1.29 is 14.7 Å². The van der Waals surface area contributed by atoms with Gasteiger partial charge in [0.15, 0.2) is 0 Å². The molecule has 0 radical (unpaired) electrons. The van der Waals surface area contributed by atoms with Crippen LogP contribution < -0.4 is 0 Å². The van der Waals surface area contributed by atoms with Gasteiger partial charge in [-0.3, -0.25) is 9.59 Å². The van der Waals surface area contributed by atoms with Crippen molar-refractivity contribution in [3.63, 3.8) is 0 Å². The molecule has 1 atom stereocenters. The van der Waals surface area contributed by atoms with E-state index >= 15 is 0 Å². The number of ketones is 1. The van der Waals surface area contributed by atoms with Crippen LogP contribution in [0, 0.1) is 0 Å². The third-order valence-corrected chi connectivity index (χ3v) is 4.16. The van der Waals surface area contributed by atoms with Crippen LogP contribution in [0.1, 0.15) is 17.2 Å². The molecule has 2 aromatic rings. The largest absolute Gasteiger partial charge is 0.507 e. The number of carbonyl (C=O) groups excluding carboxylic acids is 2. The average Bonchev–Trinajstić information content (AvgIpc) is 2.80. The molecule has 1 aliphatic rings. The highest BCUT2D eigenvalue weighted by Gasteiger charge is 2.44. The number of aliphatic hydroxyl groups is 1. The molecule has 0 aromatic heterocycles. The topological polar surface area (TPSA) is 57.6 Å². The fourth-order valence-corrected chi connectivity index (χ4v) is 2.86. The van der Waals surface area contributed by atoms with Crippen molar-refractivity contribution in [1.82, 2.24) is 4.90 Å². The summed E-state index contributed by atoms with van der Waals surface area (Å²) < 4.78 is 0. The van der Waals surface area contributed by atoms with Crippen molar-refractivity contribution in [3.05, 3.63) is 76.3 Å². The van der Waals surface area contributed by atoms with Gasteiger partial charge in [-0.15, -0.1) is 0 Å². The molecule has 4 nitrogen and oxygen atoms in total. The third kappa shape index (κ3) is 2.62. The van der Waals surface area contributed by atoms with Crippen molar-refractivity contribution in [2.75, 3.05) is 7.05 Å². The fraction of sp³-hybridized carbons (Fsp3) is 0.111. The quantitative estimate of drug-likeness (QED) is 0.522. The van der Waals surface area contributed by atoms with Gasteiger partial charge >= 0.3 is 0 Å². The Kier molecular flexibility index (Phi) is 3.92. The van der Waals surface area contributed by atoms with E-state index in [2.05, 4.69) is 0 Å². The number of aliphatic hydroxyl groups excluding tert-OH is 1. The van der Waals surface area contributed by atoms with Gasteiger partial charge in [-0.2, -0.15) is 0 Å². The number of hydrogen-bond acceptors (Lipinski definition) is 3. The van der Waals surface area contributed by atoms with Gasteiger partial charge in [0.2, 0.25) is 0 Å². The summed E-state index contributed by atoms with van der Waals surface area (Å²) in [4.78, 5) is 25.8. The van der Waals surface area contributed by atoms with E-state index in [1.54, 1.807) is 31.3 Å². The summed E-state index contributed by atoms with van der Waals surface area (Å²) in [5.74, 6) is -1.51. The predicted molar refractivity (Wildman–Crippen MR) is 88.0 cm³/mol. The number of benzene rings is 2. The molecular formula is C18H14ClNO3. The van der Waals surface area contributed by atoms with E-state index in [4.69, 9.17) is 11.6 Å². The SMILES string of the molecule is CN1C(=O)C(=O)/C(=C(/O)c2ccc(Cl)cc2)[C@H]1c1ccccc1. The van der Waals surface area contributed by atoms with Gasteiger partial charge in [0.05, 0.1) is 11.6 Å². The van der Waals surface area contributed by atoms with Crippen molar-refractivity contribution in [3.8, 4) is 0 Å². The van der Waals surface area contributed by atoms with E-state index in [9.17, 15) is 14.7 Å². The Morgan fingerprint density at radius 3 is 2.26 bits per heavy atom. The van der Waals surface area contributed by atoms with Crippen LogP contribution in [0.25, 0.3) is 5.76 Å². The molecule has 116 valence electrons. The van der Waals surface area contributed by atoms with Gasteiger partial charge in [0.25, 0.3) is 11.7 Å². The highest BCUT2D eigenvalue weighted by molar-refractivity contribution is 6.46. The molecular weight excluding hydrogens is 314 g/mol. The Morgan fingerprint density at radius 1 is 1.04 bits per heavy atom. The monoisotopic (exact) mass is 327 g/mol. The number of Topliss-reactive ketones (excluding diaryl/α,β-unsaturated/α-hetero) is 1. The maximum atomic E-state index is 12.3. The average molecular weight is 328 g/mol. The first-order valence-corrected chi connectivity index (χ1v) is 7.44. The van der Waals surface area contributed by atoms with Crippen molar-refractivity contribution in [2.24, 2.45) is 0 Å². The number of likely N-dealkylation sites (N-methyl/N-ethyl adjacent to an activating group) is 1. The molecule has 0 unspecified atom stereocenters. The van der Waals surface area contributed by atoms with E-state index < -0.39 is 17.7 Å². The molecule has 0 saturated carbocycles. The molecule has 1 fully saturated rings. The molecule has 0 aliphatic carbocycles. The molecule has 1 heterocycles. The maximum Gasteiger partial charge on any atom is 0.295 e. The zero-order valence-electron chi connectivity index (χ0n) is 12.4. The molecule has 1 amide bonds. The molecule has 23 heavy (non-hydrogen) atoms. The first-order valence-electron chi connectivity index (χ1n) is 7.06. The Morgan fingerprint density at radius 2 is 1.65 bits per heavy atom. The van der Waals surface area contributed by atoms with E-state index in [-0.39, 0.29) is 11.3 Å². The summed E-state index contributed by atoms with van der Waals surface area (Å²) in [5, 5.41) is 11.1. The number of carbonyl (C=O) groups is 2. The lowest BCUT2D eigenvalue weighted by Gasteiger charge is -2.20. The molecule has 1 aliphatic heterocycles. The van der Waals surface area contributed by atoms with Crippen LogP contribution >= 0.6 is 11.6 Å². The molecule has 5 heteroatoms. The molecule has 1 N–H and O–H groups in total. The first kappa shape index (κ1) is 15.3. The fourth-order valence-electron chi connectivity index (χ4n) is 2.74. The summed E-state index contributed by atoms with van der Waals surface area (Å²) >= 11 is 5.85. The van der Waals surface area contributed by atoms with Gasteiger partial charge in [-0.1, -0.05) is 41.9 Å². The second-order valence-electron chi connectivity index (χ2n) is 5.33. The Bertz CT molecular complexity index is 797. The van der Waals surface area contributed by atoms with Crippen LogP contribution in [-0.2, 0) is 9.59 Å². The van der Waals surface area contributed by atoms with Crippen LogP contribution in [0.2, 0.25) is 5.02 Å². The number of rotatable bonds is 2. The summed E-state index contributed by atoms with van der Waals surface area (Å²) in [5.41, 5.74) is 1.30. The van der Waals surface area contributed by atoms with Crippen molar-refractivity contribution in [2.45, 2.75) is 6.04 Å². The molecule has 3 rings (SSSR count). The van der Waals surface area contributed by atoms with E-state index in [1.807, 2.05) is 30.3 Å². The van der Waals surface area contributed by atoms with Gasteiger partial charge in [-0.05, 0) is 29.8 Å². The van der Waals surface area contributed by atoms with Crippen LogP contribution in [0.4, 0.5) is 0 Å². The Balaban J connectivity index is 2.17. The second-order valence-corrected chi connectivity index (χ2v) is 5.76. The van der Waals surface area contributed by atoms with Crippen LogP contribution in [-0.4, -0.2) is 28.7 Å². The van der Waals surface area contributed by atoms with Gasteiger partial charge in [-0.25, -0.2) is 0 Å². The summed E-state index contributed by atoms with van der Waals surface area (Å²) in [6, 6.07) is 15.0. The number of likely N-dealkylation sites (tertiary alicyclic amines) is 1. The Hall–Kier alpha value is -2.59. The number of amides is 1. The lowest BCUT2D eigenvalue weighted by atomic mass is 9.95. The molecule has 1 saturated heterocycles. The molecule has 0 spiro atoms. The summed E-state index contributed by atoms with van der Waals surface area (Å²) in [6.45, 7) is 0. The van der Waals surface area contributed by atoms with Crippen LogP contribution in [0.5, 0.6) is 0 Å². The van der Waals surface area contributed by atoms with Crippen molar-refractivity contribution in [1.29, 1.82) is 0 Å². The highest BCUT2D eigenvalue weighted by atomic mass is 35.5. The minimum atomic E-state index is -0.686. The summed E-state index contributed by atoms with van der Waals surface area (Å²) in [6.07, 6.45) is 0. The number of hydrogen-bond donors (Lipinski definition) is 1. The van der Waals surface area contributed by atoms with Gasteiger partial charge in [0, 0.05) is 17.6 Å².